The minimum atomic E-state index is 0.767. The van der Waals surface area contributed by atoms with E-state index in [0.717, 1.165) is 46.6 Å². The lowest BCUT2D eigenvalue weighted by Gasteiger charge is -2.03. The van der Waals surface area contributed by atoms with Crippen LogP contribution in [0.4, 0.5) is 0 Å². The summed E-state index contributed by atoms with van der Waals surface area (Å²) >= 11 is 5.36. The van der Waals surface area contributed by atoms with Crippen LogP contribution in [0.25, 0.3) is 11.0 Å². The van der Waals surface area contributed by atoms with Gasteiger partial charge in [0.25, 0.3) is 0 Å². The van der Waals surface area contributed by atoms with Gasteiger partial charge in [-0.1, -0.05) is 35.0 Å². The van der Waals surface area contributed by atoms with Crippen LogP contribution in [0.2, 0.25) is 0 Å². The van der Waals surface area contributed by atoms with Gasteiger partial charge in [-0.05, 0) is 61.0 Å². The van der Waals surface area contributed by atoms with Gasteiger partial charge in [-0.15, -0.1) is 11.8 Å². The number of fused-ring (bicyclic) bond motifs is 1. The van der Waals surface area contributed by atoms with Gasteiger partial charge in [-0.3, -0.25) is 0 Å². The van der Waals surface area contributed by atoms with E-state index in [2.05, 4.69) is 80.6 Å². The van der Waals surface area contributed by atoms with Crippen LogP contribution in [-0.2, 0) is 13.0 Å². The molecule has 2 N–H and O–H groups in total. The number of halogens is 1. The Hall–Kier alpha value is -1.30. The van der Waals surface area contributed by atoms with Crippen molar-refractivity contribution in [1.82, 2.24) is 15.3 Å². The molecule has 5 heteroatoms. The average molecular weight is 404 g/mol. The molecule has 3 aromatic rings. The number of hydrogen-bond acceptors (Lipinski definition) is 3. The quantitative estimate of drug-likeness (QED) is 0.403. The molecule has 0 fully saturated rings. The molecule has 0 aliphatic rings. The Morgan fingerprint density at radius 3 is 2.79 bits per heavy atom. The summed E-state index contributed by atoms with van der Waals surface area (Å²) in [6, 6.07) is 15.0. The number of H-pyrrole nitrogens is 1. The summed E-state index contributed by atoms with van der Waals surface area (Å²) in [5.41, 5.74) is 3.51. The number of aromatic nitrogens is 2. The smallest absolute Gasteiger partial charge is 0.121 e. The summed E-state index contributed by atoms with van der Waals surface area (Å²) in [7, 11) is 0. The Balaban J connectivity index is 1.52. The van der Waals surface area contributed by atoms with Crippen LogP contribution < -0.4 is 5.32 Å². The molecule has 3 nitrogen and oxygen atoms in total. The molecule has 0 saturated heterocycles. The zero-order chi connectivity index (χ0) is 16.8. The van der Waals surface area contributed by atoms with E-state index in [1.54, 1.807) is 0 Å². The molecule has 1 aromatic heterocycles. The Bertz CT molecular complexity index is 783. The molecular weight excluding hydrogens is 382 g/mol. The fourth-order valence-corrected chi connectivity index (χ4v) is 3.60. The topological polar surface area (TPSA) is 40.7 Å². The largest absolute Gasteiger partial charge is 0.341 e. The number of nitrogens with zero attached hydrogens (tertiary/aromatic N) is 1. The SMILES string of the molecule is CCCSc1ccc2nc(CNCCc3ccc(Br)cc3)[nH]c2c1. The molecule has 0 bridgehead atoms. The van der Waals surface area contributed by atoms with E-state index in [1.807, 2.05) is 11.8 Å². The Kier molecular flexibility index (Phi) is 6.35. The lowest BCUT2D eigenvalue weighted by atomic mass is 10.1. The molecule has 24 heavy (non-hydrogen) atoms. The monoisotopic (exact) mass is 403 g/mol. The van der Waals surface area contributed by atoms with Crippen molar-refractivity contribution in [3.05, 3.63) is 58.3 Å². The van der Waals surface area contributed by atoms with Crippen molar-refractivity contribution in [2.24, 2.45) is 0 Å². The minimum Gasteiger partial charge on any atom is -0.341 e. The van der Waals surface area contributed by atoms with Gasteiger partial charge in [0.15, 0.2) is 0 Å². The lowest BCUT2D eigenvalue weighted by molar-refractivity contribution is 0.666. The molecule has 0 aliphatic heterocycles. The number of nitrogens with one attached hydrogen (secondary N) is 2. The maximum absolute atomic E-state index is 4.66. The fraction of sp³-hybridized carbons (Fsp3) is 0.316. The van der Waals surface area contributed by atoms with Crippen LogP contribution in [0.3, 0.4) is 0 Å². The van der Waals surface area contributed by atoms with E-state index >= 15 is 0 Å². The van der Waals surface area contributed by atoms with Crippen molar-refractivity contribution in [1.29, 1.82) is 0 Å². The minimum absolute atomic E-state index is 0.767. The van der Waals surface area contributed by atoms with Crippen LogP contribution in [0.1, 0.15) is 24.7 Å². The molecule has 0 aliphatic carbocycles. The Morgan fingerprint density at radius 2 is 2.00 bits per heavy atom. The number of rotatable bonds is 8. The maximum Gasteiger partial charge on any atom is 0.121 e. The molecule has 126 valence electrons. The molecular formula is C19H22BrN3S. The first kappa shape index (κ1) is 17.5. The van der Waals surface area contributed by atoms with Crippen LogP contribution in [0.5, 0.6) is 0 Å². The third kappa shape index (κ3) is 4.85. The summed E-state index contributed by atoms with van der Waals surface area (Å²) in [6.07, 6.45) is 2.21. The van der Waals surface area contributed by atoms with E-state index in [1.165, 1.54) is 16.9 Å². The average Bonchev–Trinajstić information content (AvgIpc) is 3.00. The molecule has 0 saturated carbocycles. The number of imidazole rings is 1. The van der Waals surface area contributed by atoms with E-state index in [9.17, 15) is 0 Å². The van der Waals surface area contributed by atoms with Gasteiger partial charge in [0.05, 0.1) is 17.6 Å². The van der Waals surface area contributed by atoms with Crippen LogP contribution in [-0.4, -0.2) is 22.3 Å². The van der Waals surface area contributed by atoms with Gasteiger partial charge in [-0.25, -0.2) is 4.98 Å². The zero-order valence-electron chi connectivity index (χ0n) is 13.8. The van der Waals surface area contributed by atoms with Gasteiger partial charge >= 0.3 is 0 Å². The van der Waals surface area contributed by atoms with Crippen LogP contribution in [0.15, 0.2) is 51.8 Å². The van der Waals surface area contributed by atoms with E-state index in [-0.39, 0.29) is 0 Å². The fourth-order valence-electron chi connectivity index (χ4n) is 2.53. The molecule has 0 unspecified atom stereocenters. The summed E-state index contributed by atoms with van der Waals surface area (Å²) in [5, 5.41) is 3.46. The normalized spacial score (nSPS) is 11.2. The molecule has 0 atom stereocenters. The Labute approximate surface area is 155 Å². The standard InChI is InChI=1S/C19H22BrN3S/c1-2-11-24-16-7-8-17-18(12-16)23-19(22-17)13-21-10-9-14-3-5-15(20)6-4-14/h3-8,12,21H,2,9-11,13H2,1H3,(H,22,23). The molecule has 0 spiro atoms. The summed E-state index contributed by atoms with van der Waals surface area (Å²) in [5.74, 6) is 2.16. The van der Waals surface area contributed by atoms with Crippen molar-refractivity contribution >= 4 is 38.7 Å². The third-order valence-corrected chi connectivity index (χ3v) is 5.50. The molecule has 0 amide bonds. The summed E-state index contributed by atoms with van der Waals surface area (Å²) < 4.78 is 1.12. The second-order valence-corrected chi connectivity index (χ2v) is 7.85. The Morgan fingerprint density at radius 1 is 1.17 bits per heavy atom. The maximum atomic E-state index is 4.66. The second kappa shape index (κ2) is 8.70. The first-order chi connectivity index (χ1) is 11.7. The first-order valence-electron chi connectivity index (χ1n) is 8.31. The number of thioether (sulfide) groups is 1. The predicted molar refractivity (Wildman–Crippen MR) is 107 cm³/mol. The zero-order valence-corrected chi connectivity index (χ0v) is 16.2. The summed E-state index contributed by atoms with van der Waals surface area (Å²) in [4.78, 5) is 9.39. The molecule has 1 heterocycles. The highest BCUT2D eigenvalue weighted by molar-refractivity contribution is 9.10. The van der Waals surface area contributed by atoms with Crippen LogP contribution >= 0.6 is 27.7 Å². The molecule has 0 radical (unpaired) electrons. The van der Waals surface area contributed by atoms with Crippen molar-refractivity contribution < 1.29 is 0 Å². The summed E-state index contributed by atoms with van der Waals surface area (Å²) in [6.45, 7) is 3.92. The van der Waals surface area contributed by atoms with Gasteiger partial charge in [0.2, 0.25) is 0 Å². The van der Waals surface area contributed by atoms with E-state index in [0.29, 0.717) is 0 Å². The molecule has 3 rings (SSSR count). The lowest BCUT2D eigenvalue weighted by Crippen LogP contribution is -2.17. The van der Waals surface area contributed by atoms with Gasteiger partial charge in [0.1, 0.15) is 5.82 Å². The molecule has 2 aromatic carbocycles. The second-order valence-electron chi connectivity index (χ2n) is 5.76. The highest BCUT2D eigenvalue weighted by Crippen LogP contribution is 2.23. The number of hydrogen-bond donors (Lipinski definition) is 2. The number of aromatic amines is 1. The van der Waals surface area contributed by atoms with Gasteiger partial charge < -0.3 is 10.3 Å². The van der Waals surface area contributed by atoms with Gasteiger partial charge in [-0.2, -0.15) is 0 Å². The highest BCUT2D eigenvalue weighted by atomic mass is 79.9. The van der Waals surface area contributed by atoms with Crippen molar-refractivity contribution in [3.8, 4) is 0 Å². The highest BCUT2D eigenvalue weighted by Gasteiger charge is 2.04. The van der Waals surface area contributed by atoms with Crippen molar-refractivity contribution in [2.75, 3.05) is 12.3 Å². The van der Waals surface area contributed by atoms with E-state index in [4.69, 9.17) is 0 Å². The van der Waals surface area contributed by atoms with Crippen molar-refractivity contribution in [3.63, 3.8) is 0 Å². The number of benzene rings is 2. The first-order valence-corrected chi connectivity index (χ1v) is 10.1. The third-order valence-electron chi connectivity index (χ3n) is 3.77. The van der Waals surface area contributed by atoms with Crippen LogP contribution in [0, 0.1) is 0 Å². The van der Waals surface area contributed by atoms with Crippen molar-refractivity contribution in [2.45, 2.75) is 31.2 Å². The predicted octanol–water partition coefficient (Wildman–Crippen LogP) is 5.16. The van der Waals surface area contributed by atoms with E-state index < -0.39 is 0 Å². The van der Waals surface area contributed by atoms with Gasteiger partial charge in [0, 0.05) is 9.37 Å².